The largest absolute Gasteiger partial charge is 0.0801 e. The van der Waals surface area contributed by atoms with Crippen LogP contribution in [0, 0.1) is 0 Å². The van der Waals surface area contributed by atoms with Crippen LogP contribution in [-0.4, -0.2) is 0 Å². The van der Waals surface area contributed by atoms with E-state index < -0.39 is 0 Å². The molecule has 1 aromatic carbocycles. The van der Waals surface area contributed by atoms with E-state index in [-0.39, 0.29) is 0 Å². The van der Waals surface area contributed by atoms with Crippen molar-refractivity contribution in [3.05, 3.63) is 28.7 Å². The fourth-order valence-corrected chi connectivity index (χ4v) is 1.22. The summed E-state index contributed by atoms with van der Waals surface area (Å²) in [7, 11) is 0. The lowest BCUT2D eigenvalue weighted by atomic mass is 10.4. The summed E-state index contributed by atoms with van der Waals surface area (Å²) in [5, 5.41) is 0. The van der Waals surface area contributed by atoms with Crippen LogP contribution in [0.2, 0.25) is 0 Å². The van der Waals surface area contributed by atoms with Gasteiger partial charge in [0.25, 0.3) is 0 Å². The van der Waals surface area contributed by atoms with Gasteiger partial charge in [-0.3, -0.25) is 0 Å². The van der Waals surface area contributed by atoms with Crippen LogP contribution in [0.15, 0.2) is 33.6 Å². The summed E-state index contributed by atoms with van der Waals surface area (Å²) in [6.45, 7) is 0. The fraction of sp³-hybridized carbons (Fsp3) is 0. The molecule has 0 amide bonds. The second-order valence-corrected chi connectivity index (χ2v) is 2.84. The summed E-state index contributed by atoms with van der Waals surface area (Å²) in [5.74, 6) is 0. The average molecular weight is 188 g/mol. The number of benzene rings is 1. The molecule has 8 heavy (non-hydrogen) atoms. The van der Waals surface area contributed by atoms with Crippen LogP contribution in [0.4, 0.5) is 0 Å². The Hall–Kier alpha value is -0.0800. The van der Waals surface area contributed by atoms with Crippen molar-refractivity contribution >= 4 is 28.6 Å². The van der Waals surface area contributed by atoms with Crippen LogP contribution in [0.5, 0.6) is 0 Å². The van der Waals surface area contributed by atoms with Gasteiger partial charge in [0.2, 0.25) is 0 Å². The van der Waals surface area contributed by atoms with Crippen molar-refractivity contribution in [3.63, 3.8) is 0 Å². The third-order valence-corrected chi connectivity index (χ3v) is 1.54. The highest BCUT2D eigenvalue weighted by molar-refractivity contribution is 9.10. The third-order valence-electron chi connectivity index (χ3n) is 0.796. The molecule has 1 radical (unpaired) electrons. The van der Waals surface area contributed by atoms with E-state index in [0.29, 0.717) is 0 Å². The lowest BCUT2D eigenvalue weighted by molar-refractivity contribution is 1.45. The van der Waals surface area contributed by atoms with Gasteiger partial charge >= 0.3 is 0 Å². The van der Waals surface area contributed by atoms with Crippen molar-refractivity contribution < 1.29 is 0 Å². The number of halogens is 1. The average Bonchev–Trinajstić information content (AvgIpc) is 1.64. The van der Waals surface area contributed by atoms with Crippen LogP contribution in [0.3, 0.4) is 0 Å². The first-order valence-electron chi connectivity index (χ1n) is 2.21. The van der Waals surface area contributed by atoms with Crippen LogP contribution in [0.1, 0.15) is 0 Å². The normalized spacial score (nSPS) is 9.12. The predicted molar refractivity (Wildman–Crippen MR) is 40.0 cm³/mol. The van der Waals surface area contributed by atoms with E-state index in [1.54, 1.807) is 0 Å². The number of hydrogen-bond acceptors (Lipinski definition) is 0. The standard InChI is InChI=1S/C6H4BrS/c7-5-2-1-3-6(8)4-5/h1-4H. The summed E-state index contributed by atoms with van der Waals surface area (Å²) in [5.41, 5.74) is 0. The lowest BCUT2D eigenvalue weighted by Crippen LogP contribution is -1.62. The molecule has 0 bridgehead atoms. The van der Waals surface area contributed by atoms with Gasteiger partial charge in [-0.15, -0.1) is 0 Å². The molecule has 0 unspecified atom stereocenters. The molecule has 0 aliphatic carbocycles. The SMILES string of the molecule is [S]c1cccc(Br)c1. The third kappa shape index (κ3) is 1.46. The van der Waals surface area contributed by atoms with Gasteiger partial charge in [-0.2, -0.15) is 0 Å². The Morgan fingerprint density at radius 1 is 1.38 bits per heavy atom. The first-order valence-corrected chi connectivity index (χ1v) is 3.42. The molecule has 0 fully saturated rings. The molecule has 0 heterocycles. The first-order chi connectivity index (χ1) is 3.79. The van der Waals surface area contributed by atoms with E-state index in [1.807, 2.05) is 24.3 Å². The van der Waals surface area contributed by atoms with Crippen LogP contribution in [0.25, 0.3) is 0 Å². The predicted octanol–water partition coefficient (Wildman–Crippen LogP) is 3.01. The molecule has 1 rings (SSSR count). The quantitative estimate of drug-likeness (QED) is 0.587. The van der Waals surface area contributed by atoms with Gasteiger partial charge in [-0.1, -0.05) is 34.6 Å². The highest BCUT2D eigenvalue weighted by Gasteiger charge is 1.84. The van der Waals surface area contributed by atoms with Crippen LogP contribution in [-0.2, 0) is 0 Å². The zero-order valence-electron chi connectivity index (χ0n) is 4.10. The Labute approximate surface area is 62.5 Å². The van der Waals surface area contributed by atoms with Gasteiger partial charge in [-0.05, 0) is 18.2 Å². The molecule has 0 spiro atoms. The number of hydrogen-bond donors (Lipinski definition) is 0. The van der Waals surface area contributed by atoms with E-state index in [1.165, 1.54) is 0 Å². The smallest absolute Gasteiger partial charge is 0.0388 e. The molecule has 41 valence electrons. The second-order valence-electron chi connectivity index (χ2n) is 1.46. The molecule has 0 aliphatic heterocycles. The Balaban J connectivity index is 3.08. The molecule has 1 aromatic rings. The van der Waals surface area contributed by atoms with Gasteiger partial charge in [-0.25, -0.2) is 0 Å². The summed E-state index contributed by atoms with van der Waals surface area (Å²) >= 11 is 8.16. The topological polar surface area (TPSA) is 0 Å². The van der Waals surface area contributed by atoms with Crippen molar-refractivity contribution in [2.24, 2.45) is 0 Å². The summed E-state index contributed by atoms with van der Waals surface area (Å²) in [6, 6.07) is 7.66. The molecular weight excluding hydrogens is 184 g/mol. The molecule has 0 aliphatic rings. The minimum Gasteiger partial charge on any atom is -0.0801 e. The fourth-order valence-electron chi connectivity index (χ4n) is 0.467. The molecule has 0 atom stereocenters. The zero-order chi connectivity index (χ0) is 5.98. The van der Waals surface area contributed by atoms with Crippen molar-refractivity contribution in [3.8, 4) is 0 Å². The zero-order valence-corrected chi connectivity index (χ0v) is 6.50. The molecular formula is C6H4BrS. The second kappa shape index (κ2) is 2.46. The van der Waals surface area contributed by atoms with Gasteiger partial charge < -0.3 is 0 Å². The maximum absolute atomic E-state index is 4.87. The van der Waals surface area contributed by atoms with Crippen molar-refractivity contribution in [2.45, 2.75) is 4.90 Å². The van der Waals surface area contributed by atoms with Crippen LogP contribution < -0.4 is 0 Å². The maximum Gasteiger partial charge on any atom is 0.0388 e. The minimum atomic E-state index is 0.874. The molecule has 0 saturated carbocycles. The Morgan fingerprint density at radius 3 is 2.50 bits per heavy atom. The Morgan fingerprint density at radius 2 is 2.12 bits per heavy atom. The van der Waals surface area contributed by atoms with Crippen molar-refractivity contribution in [1.82, 2.24) is 0 Å². The molecule has 2 heteroatoms. The summed E-state index contributed by atoms with van der Waals surface area (Å²) < 4.78 is 1.05. The van der Waals surface area contributed by atoms with E-state index in [9.17, 15) is 0 Å². The molecule has 0 nitrogen and oxygen atoms in total. The van der Waals surface area contributed by atoms with E-state index >= 15 is 0 Å². The first kappa shape index (κ1) is 6.05. The van der Waals surface area contributed by atoms with E-state index in [2.05, 4.69) is 15.9 Å². The van der Waals surface area contributed by atoms with Gasteiger partial charge in [0.05, 0.1) is 0 Å². The monoisotopic (exact) mass is 187 g/mol. The maximum atomic E-state index is 4.87. The Bertz CT molecular complexity index is 168. The lowest BCUT2D eigenvalue weighted by Gasteiger charge is -1.87. The number of rotatable bonds is 0. The minimum absolute atomic E-state index is 0.874. The van der Waals surface area contributed by atoms with Crippen molar-refractivity contribution in [2.75, 3.05) is 0 Å². The van der Waals surface area contributed by atoms with E-state index in [4.69, 9.17) is 12.6 Å². The summed E-state index contributed by atoms with van der Waals surface area (Å²) in [4.78, 5) is 0.874. The Kier molecular flexibility index (Phi) is 1.86. The van der Waals surface area contributed by atoms with Crippen molar-refractivity contribution in [1.29, 1.82) is 0 Å². The van der Waals surface area contributed by atoms with Crippen LogP contribution >= 0.6 is 28.6 Å². The highest BCUT2D eigenvalue weighted by atomic mass is 79.9. The molecule has 0 N–H and O–H groups in total. The molecule has 0 saturated heterocycles. The van der Waals surface area contributed by atoms with Gasteiger partial charge in [0.15, 0.2) is 0 Å². The summed E-state index contributed by atoms with van der Waals surface area (Å²) in [6.07, 6.45) is 0. The van der Waals surface area contributed by atoms with Gasteiger partial charge in [0.1, 0.15) is 0 Å². The van der Waals surface area contributed by atoms with Gasteiger partial charge in [0, 0.05) is 9.37 Å². The molecule has 0 aromatic heterocycles. The highest BCUT2D eigenvalue weighted by Crippen LogP contribution is 2.13. The van der Waals surface area contributed by atoms with E-state index in [0.717, 1.165) is 9.37 Å².